The van der Waals surface area contributed by atoms with Crippen molar-refractivity contribution in [1.82, 2.24) is 15.1 Å². The molecule has 2 amide bonds. The van der Waals surface area contributed by atoms with Crippen LogP contribution < -0.4 is 5.32 Å². The van der Waals surface area contributed by atoms with Crippen molar-refractivity contribution < 1.29 is 14.3 Å². The average molecular weight is 356 g/mol. The van der Waals surface area contributed by atoms with Crippen LogP contribution in [0.15, 0.2) is 24.3 Å². The lowest BCUT2D eigenvalue weighted by atomic mass is 10.1. The molecule has 1 aliphatic heterocycles. The van der Waals surface area contributed by atoms with Crippen molar-refractivity contribution in [2.24, 2.45) is 0 Å². The number of nitrogens with zero attached hydrogens (tertiary/aromatic N) is 2. The molecule has 0 unspecified atom stereocenters. The van der Waals surface area contributed by atoms with Crippen LogP contribution in [0.4, 0.5) is 10.6 Å². The molecule has 0 fully saturated rings. The molecule has 0 radical (unpaired) electrons. The van der Waals surface area contributed by atoms with Crippen LogP contribution in [-0.2, 0) is 17.7 Å². The molecule has 2 aromatic rings. The van der Waals surface area contributed by atoms with Gasteiger partial charge in [-0.2, -0.15) is 5.10 Å². The number of aromatic amines is 1. The molecule has 2 N–H and O–H groups in total. The van der Waals surface area contributed by atoms with E-state index in [0.29, 0.717) is 30.9 Å². The van der Waals surface area contributed by atoms with E-state index in [0.717, 1.165) is 16.8 Å². The highest BCUT2D eigenvalue weighted by Gasteiger charge is 2.29. The zero-order valence-corrected chi connectivity index (χ0v) is 15.5. The van der Waals surface area contributed by atoms with Crippen molar-refractivity contribution in [2.45, 2.75) is 46.3 Å². The summed E-state index contributed by atoms with van der Waals surface area (Å²) in [5.41, 5.74) is 2.71. The molecule has 0 atom stereocenters. The van der Waals surface area contributed by atoms with Crippen LogP contribution in [0.5, 0.6) is 0 Å². The van der Waals surface area contributed by atoms with Gasteiger partial charge >= 0.3 is 6.09 Å². The van der Waals surface area contributed by atoms with Crippen LogP contribution >= 0.6 is 0 Å². The first-order valence-electron chi connectivity index (χ1n) is 8.65. The standard InChI is InChI=1S/C19H24N4O3/c1-12-7-5-6-8-13(12)17(24)20-16-14-11-23(10-9-15(14)21-22-16)18(25)26-19(2,3)4/h5-8H,9-11H2,1-4H3,(H2,20,21,22,24). The smallest absolute Gasteiger partial charge is 0.410 e. The summed E-state index contributed by atoms with van der Waals surface area (Å²) >= 11 is 0. The summed E-state index contributed by atoms with van der Waals surface area (Å²) in [6.45, 7) is 8.31. The Morgan fingerprint density at radius 3 is 2.69 bits per heavy atom. The molecular formula is C19H24N4O3. The second-order valence-electron chi connectivity index (χ2n) is 7.45. The number of benzene rings is 1. The number of hydrogen-bond donors (Lipinski definition) is 2. The molecule has 138 valence electrons. The van der Waals surface area contributed by atoms with Gasteiger partial charge in [-0.05, 0) is 39.3 Å². The Hall–Kier alpha value is -2.83. The van der Waals surface area contributed by atoms with Crippen molar-refractivity contribution >= 4 is 17.8 Å². The summed E-state index contributed by atoms with van der Waals surface area (Å²) in [7, 11) is 0. The molecule has 0 spiro atoms. The zero-order valence-electron chi connectivity index (χ0n) is 15.5. The number of amides is 2. The van der Waals surface area contributed by atoms with Gasteiger partial charge in [0.05, 0.1) is 6.54 Å². The van der Waals surface area contributed by atoms with Crippen molar-refractivity contribution in [3.63, 3.8) is 0 Å². The fraction of sp³-hybridized carbons (Fsp3) is 0.421. The van der Waals surface area contributed by atoms with Gasteiger partial charge in [0.1, 0.15) is 5.60 Å². The summed E-state index contributed by atoms with van der Waals surface area (Å²) in [6, 6.07) is 7.38. The van der Waals surface area contributed by atoms with Gasteiger partial charge in [0.25, 0.3) is 5.91 Å². The highest BCUT2D eigenvalue weighted by molar-refractivity contribution is 6.05. The number of rotatable bonds is 2. The van der Waals surface area contributed by atoms with E-state index in [1.54, 1.807) is 11.0 Å². The van der Waals surface area contributed by atoms with E-state index in [9.17, 15) is 9.59 Å². The van der Waals surface area contributed by atoms with Crippen molar-refractivity contribution in [2.75, 3.05) is 11.9 Å². The van der Waals surface area contributed by atoms with E-state index in [4.69, 9.17) is 4.74 Å². The molecule has 1 aliphatic rings. The SMILES string of the molecule is Cc1ccccc1C(=O)Nc1n[nH]c2c1CN(C(=O)OC(C)(C)C)CC2. The minimum absolute atomic E-state index is 0.216. The third-order valence-corrected chi connectivity index (χ3v) is 4.21. The fourth-order valence-corrected chi connectivity index (χ4v) is 2.88. The van der Waals surface area contributed by atoms with Crippen molar-refractivity contribution in [3.8, 4) is 0 Å². The number of aryl methyl sites for hydroxylation is 1. The second-order valence-corrected chi connectivity index (χ2v) is 7.45. The Kier molecular flexibility index (Phi) is 4.71. The normalized spacial score (nSPS) is 13.9. The van der Waals surface area contributed by atoms with Crippen LogP contribution in [0.1, 0.15) is 48.0 Å². The summed E-state index contributed by atoms with van der Waals surface area (Å²) in [5.74, 6) is 0.244. The maximum absolute atomic E-state index is 12.6. The van der Waals surface area contributed by atoms with Gasteiger partial charge in [-0.1, -0.05) is 18.2 Å². The minimum Gasteiger partial charge on any atom is -0.444 e. The number of ether oxygens (including phenoxy) is 1. The molecule has 7 nitrogen and oxygen atoms in total. The maximum Gasteiger partial charge on any atom is 0.410 e. The molecule has 7 heteroatoms. The van der Waals surface area contributed by atoms with Crippen LogP contribution in [-0.4, -0.2) is 39.2 Å². The Morgan fingerprint density at radius 1 is 1.27 bits per heavy atom. The zero-order chi connectivity index (χ0) is 18.9. The number of carbonyl (C=O) groups excluding carboxylic acids is 2. The first-order chi connectivity index (χ1) is 12.2. The van der Waals surface area contributed by atoms with E-state index in [1.807, 2.05) is 45.9 Å². The van der Waals surface area contributed by atoms with E-state index >= 15 is 0 Å². The van der Waals surface area contributed by atoms with Gasteiger partial charge in [-0.25, -0.2) is 4.79 Å². The molecule has 2 heterocycles. The van der Waals surface area contributed by atoms with E-state index in [-0.39, 0.29) is 12.0 Å². The number of hydrogen-bond acceptors (Lipinski definition) is 4. The molecule has 0 aliphatic carbocycles. The van der Waals surface area contributed by atoms with Crippen LogP contribution in [0.3, 0.4) is 0 Å². The first-order valence-corrected chi connectivity index (χ1v) is 8.65. The lowest BCUT2D eigenvalue weighted by Crippen LogP contribution is -2.40. The largest absolute Gasteiger partial charge is 0.444 e. The predicted molar refractivity (Wildman–Crippen MR) is 98.1 cm³/mol. The van der Waals surface area contributed by atoms with E-state index in [1.165, 1.54) is 0 Å². The van der Waals surface area contributed by atoms with Gasteiger partial charge in [-0.3, -0.25) is 9.89 Å². The summed E-state index contributed by atoms with van der Waals surface area (Å²) in [4.78, 5) is 26.5. The van der Waals surface area contributed by atoms with Crippen LogP contribution in [0, 0.1) is 6.92 Å². The maximum atomic E-state index is 12.6. The van der Waals surface area contributed by atoms with Crippen molar-refractivity contribution in [1.29, 1.82) is 0 Å². The highest BCUT2D eigenvalue weighted by Crippen LogP contribution is 2.25. The predicted octanol–water partition coefficient (Wildman–Crippen LogP) is 3.26. The van der Waals surface area contributed by atoms with Gasteiger partial charge in [0.2, 0.25) is 0 Å². The Bertz CT molecular complexity index is 836. The van der Waals surface area contributed by atoms with Crippen molar-refractivity contribution in [3.05, 3.63) is 46.6 Å². The first kappa shape index (κ1) is 18.0. The highest BCUT2D eigenvalue weighted by atomic mass is 16.6. The Morgan fingerprint density at radius 2 is 2.00 bits per heavy atom. The summed E-state index contributed by atoms with van der Waals surface area (Å²) in [5, 5.41) is 10.0. The summed E-state index contributed by atoms with van der Waals surface area (Å²) in [6.07, 6.45) is 0.280. The lowest BCUT2D eigenvalue weighted by molar-refractivity contribution is 0.0224. The molecule has 0 bridgehead atoms. The quantitative estimate of drug-likeness (QED) is 0.864. The van der Waals surface area contributed by atoms with Gasteiger partial charge in [0.15, 0.2) is 5.82 Å². The number of fused-ring (bicyclic) bond motifs is 1. The molecule has 1 aromatic carbocycles. The van der Waals surface area contributed by atoms with E-state index in [2.05, 4.69) is 15.5 Å². The monoisotopic (exact) mass is 356 g/mol. The molecule has 3 rings (SSSR count). The Balaban J connectivity index is 1.75. The number of H-pyrrole nitrogens is 1. The molecule has 26 heavy (non-hydrogen) atoms. The Labute approximate surface area is 152 Å². The minimum atomic E-state index is -0.546. The molecule has 0 saturated heterocycles. The summed E-state index contributed by atoms with van der Waals surface area (Å²) < 4.78 is 5.44. The number of carbonyl (C=O) groups is 2. The topological polar surface area (TPSA) is 87.3 Å². The van der Waals surface area contributed by atoms with Crippen LogP contribution in [0.2, 0.25) is 0 Å². The number of anilines is 1. The van der Waals surface area contributed by atoms with Gasteiger partial charge in [-0.15, -0.1) is 0 Å². The second kappa shape index (κ2) is 6.82. The number of nitrogens with one attached hydrogen (secondary N) is 2. The third kappa shape index (κ3) is 3.87. The molecular weight excluding hydrogens is 332 g/mol. The molecule has 1 aromatic heterocycles. The average Bonchev–Trinajstić information content (AvgIpc) is 2.96. The third-order valence-electron chi connectivity index (χ3n) is 4.21. The van der Waals surface area contributed by atoms with Crippen LogP contribution in [0.25, 0.3) is 0 Å². The fourth-order valence-electron chi connectivity index (χ4n) is 2.88. The lowest BCUT2D eigenvalue weighted by Gasteiger charge is -2.30. The molecule has 0 saturated carbocycles. The van der Waals surface area contributed by atoms with Gasteiger partial charge < -0.3 is 15.0 Å². The number of aromatic nitrogens is 2. The van der Waals surface area contributed by atoms with E-state index < -0.39 is 5.60 Å². The van der Waals surface area contributed by atoms with Gasteiger partial charge in [0, 0.05) is 29.8 Å².